The largest absolute Gasteiger partial charge is 0.304 e. The maximum Gasteiger partial charge on any atom is 0.304 e. The van der Waals surface area contributed by atoms with Crippen LogP contribution in [-0.2, 0) is 4.79 Å². The molecule has 0 aliphatic rings. The zero-order valence-electron chi connectivity index (χ0n) is 3.08. The van der Waals surface area contributed by atoms with E-state index in [9.17, 15) is 8.78 Å². The van der Waals surface area contributed by atoms with Crippen molar-refractivity contribution in [3.8, 4) is 0 Å². The molecule has 0 radical (unpaired) electrons. The molecule has 0 aliphatic heterocycles. The Bertz CT molecular complexity index is 52.8. The third-order valence-electron chi connectivity index (χ3n) is 0.291. The number of hydrogen-bond acceptors (Lipinski definition) is 1. The SMILES string of the molecule is O=C(F)CCF. The van der Waals surface area contributed by atoms with Crippen LogP contribution in [0, 0.1) is 0 Å². The van der Waals surface area contributed by atoms with Gasteiger partial charge in [-0.1, -0.05) is 0 Å². The molecule has 0 spiro atoms. The molecule has 0 atom stereocenters. The normalized spacial score (nSPS) is 8.33. The van der Waals surface area contributed by atoms with E-state index in [4.69, 9.17) is 4.79 Å². The molecule has 0 saturated heterocycles. The minimum Gasteiger partial charge on any atom is -0.261 e. The second-order valence-corrected chi connectivity index (χ2v) is 0.794. The van der Waals surface area contributed by atoms with Crippen molar-refractivity contribution >= 4 is 6.04 Å². The molecule has 0 aromatic heterocycles. The van der Waals surface area contributed by atoms with E-state index in [0.29, 0.717) is 0 Å². The van der Waals surface area contributed by atoms with Crippen LogP contribution in [0.3, 0.4) is 0 Å². The van der Waals surface area contributed by atoms with Gasteiger partial charge < -0.3 is 0 Å². The summed E-state index contributed by atoms with van der Waals surface area (Å²) >= 11 is 0. The van der Waals surface area contributed by atoms with Gasteiger partial charge in [0.2, 0.25) is 0 Å². The molecular weight excluding hydrogens is 90.0 g/mol. The van der Waals surface area contributed by atoms with Crippen molar-refractivity contribution in [2.75, 3.05) is 6.67 Å². The Balaban J connectivity index is 2.83. The third-order valence-corrected chi connectivity index (χ3v) is 0.291. The topological polar surface area (TPSA) is 17.1 Å². The molecule has 0 N–H and O–H groups in total. The minimum atomic E-state index is -1.59. The van der Waals surface area contributed by atoms with E-state index in [1.54, 1.807) is 0 Å². The van der Waals surface area contributed by atoms with E-state index in [-0.39, 0.29) is 0 Å². The highest BCUT2D eigenvalue weighted by Gasteiger charge is 1.92. The number of carbonyl (C=O) groups excluding carboxylic acids is 1. The summed E-state index contributed by atoms with van der Waals surface area (Å²) in [6, 6.07) is -1.59. The van der Waals surface area contributed by atoms with Crippen molar-refractivity contribution in [1.29, 1.82) is 0 Å². The van der Waals surface area contributed by atoms with Gasteiger partial charge in [0.05, 0.1) is 13.1 Å². The van der Waals surface area contributed by atoms with Crippen molar-refractivity contribution in [1.82, 2.24) is 0 Å². The van der Waals surface area contributed by atoms with Crippen LogP contribution < -0.4 is 0 Å². The van der Waals surface area contributed by atoms with Gasteiger partial charge in [0.1, 0.15) is 0 Å². The molecule has 36 valence electrons. The van der Waals surface area contributed by atoms with Crippen LogP contribution in [0.2, 0.25) is 0 Å². The van der Waals surface area contributed by atoms with Crippen LogP contribution in [0.1, 0.15) is 6.42 Å². The smallest absolute Gasteiger partial charge is 0.261 e. The Morgan fingerprint density at radius 3 is 2.17 bits per heavy atom. The molecule has 0 rings (SSSR count). The predicted molar refractivity (Wildman–Crippen MR) is 16.7 cm³/mol. The molecule has 3 heteroatoms. The fraction of sp³-hybridized carbons (Fsp3) is 0.667. The van der Waals surface area contributed by atoms with Crippen LogP contribution in [0.4, 0.5) is 8.78 Å². The Kier molecular flexibility index (Phi) is 2.54. The molecular formula is C3H4F2O. The number of hydrogen-bond donors (Lipinski definition) is 0. The Morgan fingerprint density at radius 2 is 2.17 bits per heavy atom. The quantitative estimate of drug-likeness (QED) is 0.463. The Labute approximate surface area is 34.0 Å². The van der Waals surface area contributed by atoms with Gasteiger partial charge >= 0.3 is 6.04 Å². The highest BCUT2D eigenvalue weighted by atomic mass is 19.1. The zero-order chi connectivity index (χ0) is 4.99. The summed E-state index contributed by atoms with van der Waals surface area (Å²) < 4.78 is 21.6. The number of halogens is 2. The molecule has 0 unspecified atom stereocenters. The summed E-state index contributed by atoms with van der Waals surface area (Å²) in [6.07, 6.45) is -0.597. The van der Waals surface area contributed by atoms with E-state index < -0.39 is 19.1 Å². The van der Waals surface area contributed by atoms with Crippen molar-refractivity contribution < 1.29 is 13.6 Å². The molecule has 1 nitrogen and oxygen atoms in total. The average Bonchev–Trinajstić information content (AvgIpc) is 1.35. The molecule has 0 aromatic rings. The van der Waals surface area contributed by atoms with Crippen molar-refractivity contribution in [3.05, 3.63) is 0 Å². The van der Waals surface area contributed by atoms with Gasteiger partial charge in [-0.05, 0) is 0 Å². The van der Waals surface area contributed by atoms with Gasteiger partial charge in [0.25, 0.3) is 0 Å². The van der Waals surface area contributed by atoms with E-state index in [1.165, 1.54) is 0 Å². The lowest BCUT2D eigenvalue weighted by Gasteiger charge is -1.73. The van der Waals surface area contributed by atoms with Crippen molar-refractivity contribution in [3.63, 3.8) is 0 Å². The molecule has 0 aliphatic carbocycles. The lowest BCUT2D eigenvalue weighted by atomic mass is 10.5. The summed E-state index contributed by atoms with van der Waals surface area (Å²) in [7, 11) is 0. The first kappa shape index (κ1) is 5.53. The van der Waals surface area contributed by atoms with E-state index >= 15 is 0 Å². The summed E-state index contributed by atoms with van der Waals surface area (Å²) in [4.78, 5) is 9.14. The fourth-order valence-electron chi connectivity index (χ4n) is 0.0743. The Hall–Kier alpha value is -0.470. The first-order chi connectivity index (χ1) is 2.77. The van der Waals surface area contributed by atoms with Gasteiger partial charge in [-0.15, -0.1) is 0 Å². The van der Waals surface area contributed by atoms with E-state index in [1.807, 2.05) is 0 Å². The zero-order valence-corrected chi connectivity index (χ0v) is 3.08. The molecule has 0 aromatic carbocycles. The lowest BCUT2D eigenvalue weighted by Crippen LogP contribution is -1.86. The van der Waals surface area contributed by atoms with Crippen LogP contribution in [0.5, 0.6) is 0 Å². The van der Waals surface area contributed by atoms with E-state index in [2.05, 4.69) is 0 Å². The summed E-state index contributed by atoms with van der Waals surface area (Å²) in [5, 5.41) is 0. The van der Waals surface area contributed by atoms with Gasteiger partial charge in [-0.2, -0.15) is 4.39 Å². The second-order valence-electron chi connectivity index (χ2n) is 0.794. The molecule has 0 amide bonds. The summed E-state index contributed by atoms with van der Waals surface area (Å²) in [6.45, 7) is -0.894. The first-order valence-electron chi connectivity index (χ1n) is 1.51. The van der Waals surface area contributed by atoms with Crippen LogP contribution in [-0.4, -0.2) is 12.7 Å². The van der Waals surface area contributed by atoms with Crippen molar-refractivity contribution in [2.45, 2.75) is 6.42 Å². The predicted octanol–water partition coefficient (Wildman–Crippen LogP) is 0.842. The Morgan fingerprint density at radius 1 is 1.67 bits per heavy atom. The fourth-order valence-corrected chi connectivity index (χ4v) is 0.0743. The third kappa shape index (κ3) is 3.53. The maximum atomic E-state index is 10.8. The van der Waals surface area contributed by atoms with Gasteiger partial charge in [-0.25, -0.2) is 0 Å². The van der Waals surface area contributed by atoms with Crippen LogP contribution >= 0.6 is 0 Å². The summed E-state index contributed by atoms with van der Waals surface area (Å²) in [5.41, 5.74) is 0. The molecule has 6 heavy (non-hydrogen) atoms. The standard InChI is InChI=1S/C3H4F2O/c4-2-1-3(5)6/h1-2H2. The molecule has 0 bridgehead atoms. The monoisotopic (exact) mass is 94.0 g/mol. The van der Waals surface area contributed by atoms with Crippen molar-refractivity contribution in [2.24, 2.45) is 0 Å². The average molecular weight is 94.1 g/mol. The van der Waals surface area contributed by atoms with E-state index in [0.717, 1.165) is 0 Å². The number of rotatable bonds is 2. The summed E-state index contributed by atoms with van der Waals surface area (Å²) in [5.74, 6) is 0. The number of carbonyl (C=O) groups is 1. The molecule has 0 saturated carbocycles. The van der Waals surface area contributed by atoms with Crippen LogP contribution in [0.25, 0.3) is 0 Å². The maximum absolute atomic E-state index is 10.8. The van der Waals surface area contributed by atoms with Gasteiger partial charge in [0.15, 0.2) is 0 Å². The van der Waals surface area contributed by atoms with Gasteiger partial charge in [-0.3, -0.25) is 9.18 Å². The first-order valence-corrected chi connectivity index (χ1v) is 1.51. The highest BCUT2D eigenvalue weighted by molar-refractivity contribution is 5.67. The lowest BCUT2D eigenvalue weighted by molar-refractivity contribution is -0.129. The molecule has 0 heterocycles. The minimum absolute atomic E-state index is 0.597. The van der Waals surface area contributed by atoms with Gasteiger partial charge in [0, 0.05) is 0 Å². The highest BCUT2D eigenvalue weighted by Crippen LogP contribution is 1.81. The number of alkyl halides is 1. The van der Waals surface area contributed by atoms with Crippen LogP contribution in [0.15, 0.2) is 0 Å². The molecule has 0 fully saturated rings. The second kappa shape index (κ2) is 2.75.